The lowest BCUT2D eigenvalue weighted by Gasteiger charge is -2.36. The van der Waals surface area contributed by atoms with E-state index in [9.17, 15) is 0 Å². The Morgan fingerprint density at radius 3 is 2.41 bits per heavy atom. The lowest BCUT2D eigenvalue weighted by Crippen LogP contribution is -2.39. The minimum Gasteiger partial charge on any atom is -0.292 e. The second-order valence-electron chi connectivity index (χ2n) is 7.20. The lowest BCUT2D eigenvalue weighted by atomic mass is 10.00. The van der Waals surface area contributed by atoms with E-state index in [4.69, 9.17) is 10.2 Å². The molecule has 0 spiro atoms. The smallest absolute Gasteiger partial charge is 0.102 e. The zero-order valence-corrected chi connectivity index (χ0v) is 15.9. The number of hydrogen-bond acceptors (Lipinski definition) is 4. The fourth-order valence-electron chi connectivity index (χ4n) is 3.69. The molecule has 0 aliphatic carbocycles. The molecular formula is C22H25N5. The van der Waals surface area contributed by atoms with Crippen LogP contribution in [0.5, 0.6) is 0 Å². The summed E-state index contributed by atoms with van der Waals surface area (Å²) in [5.74, 6) is 0. The first-order chi connectivity index (χ1) is 13.2. The molecule has 0 amide bonds. The second kappa shape index (κ2) is 7.74. The minimum atomic E-state index is 0.471. The molecule has 1 saturated heterocycles. The predicted octanol–water partition coefficient (Wildman–Crippen LogP) is 4.53. The van der Waals surface area contributed by atoms with E-state index in [0.717, 1.165) is 22.5 Å². The standard InChI is InChI=1S/C22H25N5/c1-17-7-6-8-18(2)27(17)24-15-20-16-26(21-9-4-3-5-10-21)25-22(20)19-11-13-23-14-12-19/h3-5,9-18H,6-8H2,1-2H3/b24-15-/t17-,18-/m0/s1. The van der Waals surface area contributed by atoms with Crippen molar-refractivity contribution in [2.24, 2.45) is 5.10 Å². The number of hydrazone groups is 1. The highest BCUT2D eigenvalue weighted by atomic mass is 15.5. The summed E-state index contributed by atoms with van der Waals surface area (Å²) >= 11 is 0. The molecule has 3 heterocycles. The summed E-state index contributed by atoms with van der Waals surface area (Å²) < 4.78 is 1.92. The Labute approximate surface area is 160 Å². The van der Waals surface area contributed by atoms with E-state index in [1.54, 1.807) is 12.4 Å². The molecule has 3 aromatic rings. The summed E-state index contributed by atoms with van der Waals surface area (Å²) in [6, 6.07) is 15.1. The molecule has 0 bridgehead atoms. The largest absolute Gasteiger partial charge is 0.292 e. The SMILES string of the molecule is C[C@H]1CCC[C@H](C)N1/N=C\c1cn(-c2ccccc2)nc1-c1ccncc1. The predicted molar refractivity (Wildman–Crippen MR) is 109 cm³/mol. The Bertz CT molecular complexity index is 891. The molecule has 27 heavy (non-hydrogen) atoms. The summed E-state index contributed by atoms with van der Waals surface area (Å²) in [5, 5.41) is 11.9. The number of hydrogen-bond donors (Lipinski definition) is 0. The van der Waals surface area contributed by atoms with E-state index in [-0.39, 0.29) is 0 Å². The van der Waals surface area contributed by atoms with Crippen LogP contribution in [0.1, 0.15) is 38.7 Å². The Morgan fingerprint density at radius 2 is 1.70 bits per heavy atom. The summed E-state index contributed by atoms with van der Waals surface area (Å²) in [4.78, 5) is 4.13. The van der Waals surface area contributed by atoms with Gasteiger partial charge in [-0.2, -0.15) is 10.2 Å². The van der Waals surface area contributed by atoms with Crippen molar-refractivity contribution in [2.45, 2.75) is 45.2 Å². The molecule has 0 unspecified atom stereocenters. The molecule has 5 heteroatoms. The van der Waals surface area contributed by atoms with Crippen LogP contribution >= 0.6 is 0 Å². The number of benzene rings is 1. The number of aromatic nitrogens is 3. The average Bonchev–Trinajstić information content (AvgIpc) is 3.13. The number of pyridine rings is 1. The molecular weight excluding hydrogens is 334 g/mol. The van der Waals surface area contributed by atoms with E-state index in [2.05, 4.69) is 36.0 Å². The van der Waals surface area contributed by atoms with Gasteiger partial charge < -0.3 is 0 Å². The molecule has 0 saturated carbocycles. The molecule has 2 atom stereocenters. The van der Waals surface area contributed by atoms with Gasteiger partial charge in [0.1, 0.15) is 5.69 Å². The van der Waals surface area contributed by atoms with E-state index < -0.39 is 0 Å². The van der Waals surface area contributed by atoms with Crippen molar-refractivity contribution in [3.63, 3.8) is 0 Å². The first kappa shape index (κ1) is 17.5. The fraction of sp³-hybridized carbons (Fsp3) is 0.318. The molecule has 0 radical (unpaired) electrons. The Kier molecular flexibility index (Phi) is 5.01. The monoisotopic (exact) mass is 359 g/mol. The normalized spacial score (nSPS) is 20.3. The highest BCUT2D eigenvalue weighted by Gasteiger charge is 2.23. The van der Waals surface area contributed by atoms with Crippen LogP contribution in [0.2, 0.25) is 0 Å². The maximum absolute atomic E-state index is 4.85. The van der Waals surface area contributed by atoms with Crippen LogP contribution in [-0.4, -0.2) is 38.1 Å². The molecule has 2 aromatic heterocycles. The van der Waals surface area contributed by atoms with E-state index in [1.807, 2.05) is 47.4 Å². The molecule has 1 aromatic carbocycles. The topological polar surface area (TPSA) is 46.3 Å². The van der Waals surface area contributed by atoms with Crippen LogP contribution in [0.25, 0.3) is 16.9 Å². The van der Waals surface area contributed by atoms with Crippen LogP contribution < -0.4 is 0 Å². The van der Waals surface area contributed by atoms with E-state index in [0.29, 0.717) is 12.1 Å². The molecule has 0 N–H and O–H groups in total. The van der Waals surface area contributed by atoms with Crippen molar-refractivity contribution in [1.29, 1.82) is 0 Å². The van der Waals surface area contributed by atoms with Crippen LogP contribution in [0, 0.1) is 0 Å². The van der Waals surface area contributed by atoms with Crippen LogP contribution in [0.15, 0.2) is 66.2 Å². The lowest BCUT2D eigenvalue weighted by molar-refractivity contribution is 0.109. The van der Waals surface area contributed by atoms with Crippen molar-refractivity contribution < 1.29 is 0 Å². The van der Waals surface area contributed by atoms with Gasteiger partial charge in [0.05, 0.1) is 11.9 Å². The van der Waals surface area contributed by atoms with Crippen molar-refractivity contribution in [1.82, 2.24) is 19.8 Å². The van der Waals surface area contributed by atoms with Gasteiger partial charge in [0.25, 0.3) is 0 Å². The van der Waals surface area contributed by atoms with Crippen molar-refractivity contribution >= 4 is 6.21 Å². The van der Waals surface area contributed by atoms with Crippen molar-refractivity contribution in [2.75, 3.05) is 0 Å². The molecule has 1 fully saturated rings. The number of para-hydroxylation sites is 1. The van der Waals surface area contributed by atoms with Gasteiger partial charge in [0.15, 0.2) is 0 Å². The summed E-state index contributed by atoms with van der Waals surface area (Å²) in [7, 11) is 0. The third-order valence-corrected chi connectivity index (χ3v) is 5.19. The van der Waals surface area contributed by atoms with E-state index in [1.165, 1.54) is 19.3 Å². The van der Waals surface area contributed by atoms with Gasteiger partial charge in [0.2, 0.25) is 0 Å². The van der Waals surface area contributed by atoms with Crippen LogP contribution in [-0.2, 0) is 0 Å². The van der Waals surface area contributed by atoms with Crippen LogP contribution in [0.3, 0.4) is 0 Å². The Hall–Kier alpha value is -2.95. The van der Waals surface area contributed by atoms with Gasteiger partial charge in [-0.25, -0.2) is 4.68 Å². The molecule has 1 aliphatic heterocycles. The highest BCUT2D eigenvalue weighted by molar-refractivity contribution is 5.88. The summed E-state index contributed by atoms with van der Waals surface area (Å²) in [5.41, 5.74) is 4.00. The van der Waals surface area contributed by atoms with E-state index >= 15 is 0 Å². The average molecular weight is 359 g/mol. The number of nitrogens with zero attached hydrogens (tertiary/aromatic N) is 5. The quantitative estimate of drug-likeness (QED) is 0.643. The van der Waals surface area contributed by atoms with Crippen molar-refractivity contribution in [3.8, 4) is 16.9 Å². The maximum Gasteiger partial charge on any atom is 0.102 e. The van der Waals surface area contributed by atoms with Crippen molar-refractivity contribution in [3.05, 3.63) is 66.6 Å². The van der Waals surface area contributed by atoms with Gasteiger partial charge in [-0.3, -0.25) is 9.99 Å². The molecule has 1 aliphatic rings. The van der Waals surface area contributed by atoms with Gasteiger partial charge in [-0.15, -0.1) is 0 Å². The third-order valence-electron chi connectivity index (χ3n) is 5.19. The van der Waals surface area contributed by atoms with Gasteiger partial charge >= 0.3 is 0 Å². The third kappa shape index (κ3) is 3.77. The Balaban J connectivity index is 1.72. The summed E-state index contributed by atoms with van der Waals surface area (Å²) in [6.45, 7) is 4.51. The minimum absolute atomic E-state index is 0.471. The number of rotatable bonds is 4. The first-order valence-electron chi connectivity index (χ1n) is 9.60. The molecule has 4 rings (SSSR count). The Morgan fingerprint density at radius 1 is 1.00 bits per heavy atom. The zero-order chi connectivity index (χ0) is 18.6. The summed E-state index contributed by atoms with van der Waals surface area (Å²) in [6.07, 6.45) is 11.3. The van der Waals surface area contributed by atoms with Gasteiger partial charge in [-0.1, -0.05) is 18.2 Å². The fourth-order valence-corrected chi connectivity index (χ4v) is 3.69. The maximum atomic E-state index is 4.85. The highest BCUT2D eigenvalue weighted by Crippen LogP contribution is 2.25. The second-order valence-corrected chi connectivity index (χ2v) is 7.20. The van der Waals surface area contributed by atoms with Crippen LogP contribution in [0.4, 0.5) is 0 Å². The number of piperidine rings is 1. The van der Waals surface area contributed by atoms with Gasteiger partial charge in [-0.05, 0) is 57.4 Å². The first-order valence-corrected chi connectivity index (χ1v) is 9.60. The molecule has 138 valence electrons. The van der Waals surface area contributed by atoms with Gasteiger partial charge in [0, 0.05) is 41.8 Å². The zero-order valence-electron chi connectivity index (χ0n) is 15.9. The molecule has 5 nitrogen and oxygen atoms in total.